The zero-order valence-electron chi connectivity index (χ0n) is 10.2. The highest BCUT2D eigenvalue weighted by Gasteiger charge is 2.35. The Hall–Kier alpha value is -0.740. The lowest BCUT2D eigenvalue weighted by atomic mass is 10.2. The van der Waals surface area contributed by atoms with E-state index in [9.17, 15) is 0 Å². The molecule has 0 aromatic carbocycles. The number of rotatable bonds is 4. The van der Waals surface area contributed by atoms with Gasteiger partial charge in [0.25, 0.3) is 0 Å². The van der Waals surface area contributed by atoms with E-state index in [0.29, 0.717) is 5.92 Å². The van der Waals surface area contributed by atoms with E-state index in [1.807, 2.05) is 6.92 Å². The standard InChI is InChI=1S/C13H18N2OS/c1-2-16-11(8-6-7-8)12-14-10-5-3-4-9(10)13(17)15-12/h8,11H,2-7H2,1H3,(H,14,15,17). The topological polar surface area (TPSA) is 37.9 Å². The average molecular weight is 250 g/mol. The molecule has 0 radical (unpaired) electrons. The van der Waals surface area contributed by atoms with E-state index in [4.69, 9.17) is 17.0 Å². The minimum absolute atomic E-state index is 0.132. The lowest BCUT2D eigenvalue weighted by molar-refractivity contribution is 0.0398. The Balaban J connectivity index is 1.96. The SMILES string of the molecule is CCOC(c1nc(=S)c2c([nH]1)CCC2)C1CC1. The van der Waals surface area contributed by atoms with Gasteiger partial charge < -0.3 is 9.72 Å². The van der Waals surface area contributed by atoms with Crippen LogP contribution in [0.1, 0.15) is 49.4 Å². The van der Waals surface area contributed by atoms with E-state index in [0.717, 1.165) is 29.9 Å². The number of H-pyrrole nitrogens is 1. The second kappa shape index (κ2) is 4.50. The molecule has 1 atom stereocenters. The first-order chi connectivity index (χ1) is 8.29. The molecule has 0 spiro atoms. The molecule has 1 aromatic heterocycles. The fraction of sp³-hybridized carbons (Fsp3) is 0.692. The van der Waals surface area contributed by atoms with Gasteiger partial charge in [-0.2, -0.15) is 0 Å². The molecule has 3 nitrogen and oxygen atoms in total. The van der Waals surface area contributed by atoms with Crippen molar-refractivity contribution in [2.24, 2.45) is 5.92 Å². The number of ether oxygens (including phenoxy) is 1. The summed E-state index contributed by atoms with van der Waals surface area (Å²) in [6, 6.07) is 0. The third kappa shape index (κ3) is 2.16. The number of nitrogens with one attached hydrogen (secondary N) is 1. The summed E-state index contributed by atoms with van der Waals surface area (Å²) in [5, 5.41) is 0. The number of hydrogen-bond donors (Lipinski definition) is 1. The molecule has 17 heavy (non-hydrogen) atoms. The Morgan fingerprint density at radius 3 is 3.00 bits per heavy atom. The first-order valence-electron chi connectivity index (χ1n) is 6.53. The highest BCUT2D eigenvalue weighted by molar-refractivity contribution is 7.71. The summed E-state index contributed by atoms with van der Waals surface area (Å²) < 4.78 is 6.62. The number of nitrogens with zero attached hydrogens (tertiary/aromatic N) is 1. The van der Waals surface area contributed by atoms with Gasteiger partial charge in [-0.25, -0.2) is 4.98 Å². The fourth-order valence-electron chi connectivity index (χ4n) is 2.63. The van der Waals surface area contributed by atoms with E-state index < -0.39 is 0 Å². The van der Waals surface area contributed by atoms with Gasteiger partial charge in [-0.3, -0.25) is 0 Å². The third-order valence-corrected chi connectivity index (χ3v) is 3.98. The molecule has 2 aliphatic carbocycles. The molecule has 92 valence electrons. The van der Waals surface area contributed by atoms with Crippen LogP contribution in [0.2, 0.25) is 0 Å². The van der Waals surface area contributed by atoms with Gasteiger partial charge in [-0.05, 0) is 44.9 Å². The zero-order valence-corrected chi connectivity index (χ0v) is 11.0. The highest BCUT2D eigenvalue weighted by atomic mass is 32.1. The largest absolute Gasteiger partial charge is 0.370 e. The summed E-state index contributed by atoms with van der Waals surface area (Å²) in [6.07, 6.45) is 6.03. The molecule has 1 fully saturated rings. The van der Waals surface area contributed by atoms with Crippen LogP contribution in [0.4, 0.5) is 0 Å². The van der Waals surface area contributed by atoms with Crippen LogP contribution >= 0.6 is 12.2 Å². The lowest BCUT2D eigenvalue weighted by Crippen LogP contribution is -2.12. The lowest BCUT2D eigenvalue weighted by Gasteiger charge is -2.16. The summed E-state index contributed by atoms with van der Waals surface area (Å²) in [5.41, 5.74) is 2.56. The molecule has 1 saturated carbocycles. The summed E-state index contributed by atoms with van der Waals surface area (Å²) >= 11 is 5.39. The van der Waals surface area contributed by atoms with Crippen LogP contribution in [-0.4, -0.2) is 16.6 Å². The van der Waals surface area contributed by atoms with Crippen molar-refractivity contribution in [2.75, 3.05) is 6.61 Å². The van der Waals surface area contributed by atoms with Crippen LogP contribution < -0.4 is 0 Å². The highest BCUT2D eigenvalue weighted by Crippen LogP contribution is 2.42. The van der Waals surface area contributed by atoms with Gasteiger partial charge in [0.15, 0.2) is 0 Å². The van der Waals surface area contributed by atoms with Crippen molar-refractivity contribution < 1.29 is 4.74 Å². The van der Waals surface area contributed by atoms with E-state index in [1.165, 1.54) is 30.5 Å². The molecule has 1 aromatic rings. The van der Waals surface area contributed by atoms with Gasteiger partial charge >= 0.3 is 0 Å². The van der Waals surface area contributed by atoms with Crippen molar-refractivity contribution in [1.29, 1.82) is 0 Å². The van der Waals surface area contributed by atoms with Crippen LogP contribution in [0.5, 0.6) is 0 Å². The summed E-state index contributed by atoms with van der Waals surface area (Å²) in [7, 11) is 0. The van der Waals surface area contributed by atoms with Gasteiger partial charge in [-0.1, -0.05) is 12.2 Å². The molecule has 0 amide bonds. The summed E-state index contributed by atoms with van der Waals surface area (Å²) in [6.45, 7) is 2.78. The summed E-state index contributed by atoms with van der Waals surface area (Å²) in [5.74, 6) is 1.60. The second-order valence-electron chi connectivity index (χ2n) is 4.95. The van der Waals surface area contributed by atoms with Crippen molar-refractivity contribution in [3.8, 4) is 0 Å². The van der Waals surface area contributed by atoms with Crippen molar-refractivity contribution in [3.63, 3.8) is 0 Å². The van der Waals surface area contributed by atoms with Gasteiger partial charge in [0.1, 0.15) is 16.6 Å². The molecule has 0 saturated heterocycles. The minimum atomic E-state index is 0.132. The zero-order chi connectivity index (χ0) is 11.8. The molecule has 1 unspecified atom stereocenters. The Morgan fingerprint density at radius 2 is 2.29 bits per heavy atom. The quantitative estimate of drug-likeness (QED) is 0.834. The van der Waals surface area contributed by atoms with Crippen LogP contribution in [0.15, 0.2) is 0 Å². The van der Waals surface area contributed by atoms with Crippen LogP contribution in [0.3, 0.4) is 0 Å². The number of aryl methyl sites for hydroxylation is 1. The van der Waals surface area contributed by atoms with Crippen molar-refractivity contribution in [3.05, 3.63) is 21.7 Å². The predicted molar refractivity (Wildman–Crippen MR) is 68.5 cm³/mol. The van der Waals surface area contributed by atoms with E-state index in [-0.39, 0.29) is 6.10 Å². The number of fused-ring (bicyclic) bond motifs is 1. The summed E-state index contributed by atoms with van der Waals surface area (Å²) in [4.78, 5) is 8.03. The smallest absolute Gasteiger partial charge is 0.137 e. The number of hydrogen-bond acceptors (Lipinski definition) is 3. The molecule has 2 aliphatic rings. The Labute approximate surface area is 107 Å². The molecule has 0 bridgehead atoms. The number of aromatic amines is 1. The van der Waals surface area contributed by atoms with Crippen molar-refractivity contribution >= 4 is 12.2 Å². The third-order valence-electron chi connectivity index (χ3n) is 3.64. The molecule has 1 N–H and O–H groups in total. The van der Waals surface area contributed by atoms with E-state index in [2.05, 4.69) is 9.97 Å². The predicted octanol–water partition coefficient (Wildman–Crippen LogP) is 3.12. The normalized spacial score (nSPS) is 20.3. The molecule has 0 aliphatic heterocycles. The maximum Gasteiger partial charge on any atom is 0.137 e. The van der Waals surface area contributed by atoms with Crippen LogP contribution in [0, 0.1) is 10.6 Å². The molecule has 3 rings (SSSR count). The maximum atomic E-state index is 5.83. The van der Waals surface area contributed by atoms with Gasteiger partial charge in [0.2, 0.25) is 0 Å². The van der Waals surface area contributed by atoms with E-state index >= 15 is 0 Å². The number of aromatic nitrogens is 2. The average Bonchev–Trinajstić information content (AvgIpc) is 3.03. The van der Waals surface area contributed by atoms with Gasteiger partial charge in [0.05, 0.1) is 0 Å². The second-order valence-corrected chi connectivity index (χ2v) is 5.34. The first-order valence-corrected chi connectivity index (χ1v) is 6.94. The minimum Gasteiger partial charge on any atom is -0.370 e. The molecular formula is C13H18N2OS. The molecule has 4 heteroatoms. The monoisotopic (exact) mass is 250 g/mol. The maximum absolute atomic E-state index is 5.83. The van der Waals surface area contributed by atoms with Gasteiger partial charge in [-0.15, -0.1) is 0 Å². The van der Waals surface area contributed by atoms with Crippen molar-refractivity contribution in [1.82, 2.24) is 9.97 Å². The Kier molecular flexibility index (Phi) is 3.01. The first kappa shape index (κ1) is 11.4. The Morgan fingerprint density at radius 1 is 1.47 bits per heavy atom. The fourth-order valence-corrected chi connectivity index (χ4v) is 2.95. The molecular weight excluding hydrogens is 232 g/mol. The Bertz CT molecular complexity index is 479. The van der Waals surface area contributed by atoms with Crippen molar-refractivity contribution in [2.45, 2.75) is 45.1 Å². The van der Waals surface area contributed by atoms with Crippen LogP contribution in [-0.2, 0) is 17.6 Å². The van der Waals surface area contributed by atoms with E-state index in [1.54, 1.807) is 0 Å². The van der Waals surface area contributed by atoms with Gasteiger partial charge in [0, 0.05) is 17.9 Å². The molecule has 1 heterocycles. The van der Waals surface area contributed by atoms with Crippen LogP contribution in [0.25, 0.3) is 0 Å².